The largest absolute Gasteiger partial charge is 0.383 e. The summed E-state index contributed by atoms with van der Waals surface area (Å²) in [5, 5.41) is 16.5. The van der Waals surface area contributed by atoms with E-state index in [1.165, 1.54) is 20.0 Å². The van der Waals surface area contributed by atoms with E-state index in [0.29, 0.717) is 47.5 Å². The molecular formula is C19H20B4N4O3S2. The number of thiazole rings is 1. The Morgan fingerprint density at radius 2 is 1.75 bits per heavy atom. The molecule has 0 aliphatic heterocycles. The molecule has 7 nitrogen and oxygen atoms in total. The van der Waals surface area contributed by atoms with Gasteiger partial charge in [0, 0.05) is 5.69 Å². The fourth-order valence-corrected chi connectivity index (χ4v) is 6.35. The summed E-state index contributed by atoms with van der Waals surface area (Å²) in [4.78, 5) is 16.9. The van der Waals surface area contributed by atoms with Crippen molar-refractivity contribution in [3.8, 4) is 0 Å². The molecule has 0 saturated heterocycles. The smallest absolute Gasteiger partial charge is 0.354 e. The summed E-state index contributed by atoms with van der Waals surface area (Å²) in [7, 11) is 21.6. The van der Waals surface area contributed by atoms with Gasteiger partial charge in [-0.1, -0.05) is 29.3 Å². The number of hydrogen-bond acceptors (Lipinski definition) is 5. The van der Waals surface area contributed by atoms with E-state index in [1.807, 2.05) is 6.07 Å². The highest BCUT2D eigenvalue weighted by Crippen LogP contribution is 2.48. The van der Waals surface area contributed by atoms with Gasteiger partial charge in [0.15, 0.2) is 9.92 Å². The molecule has 13 heteroatoms. The molecule has 1 unspecified atom stereocenters. The van der Waals surface area contributed by atoms with Gasteiger partial charge in [-0.05, 0) is 48.9 Å². The number of aryl methyl sites for hydroxylation is 2. The topological polar surface area (TPSA) is 118 Å². The van der Waals surface area contributed by atoms with Gasteiger partial charge in [-0.3, -0.25) is 0 Å². The normalized spacial score (nSPS) is 20.2. The van der Waals surface area contributed by atoms with Crippen molar-refractivity contribution in [3.05, 3.63) is 39.5 Å². The van der Waals surface area contributed by atoms with E-state index in [9.17, 15) is 14.1 Å². The molecule has 0 fully saturated rings. The summed E-state index contributed by atoms with van der Waals surface area (Å²) in [5.41, 5.74) is 1.98. The summed E-state index contributed by atoms with van der Waals surface area (Å²) in [6, 6.07) is 1.04. The number of nitrogens with two attached hydrogens (primary N) is 1. The quantitative estimate of drug-likeness (QED) is 0.597. The highest BCUT2D eigenvalue weighted by atomic mass is 32.2. The summed E-state index contributed by atoms with van der Waals surface area (Å²) in [6.45, 7) is 3.07. The Labute approximate surface area is 197 Å². The molecular weight excluding hydrogens is 440 g/mol. The average molecular weight is 460 g/mol. The lowest BCUT2D eigenvalue weighted by molar-refractivity contribution is 0.0783. The van der Waals surface area contributed by atoms with Gasteiger partial charge in [-0.15, -0.1) is 15.7 Å². The van der Waals surface area contributed by atoms with Crippen molar-refractivity contribution in [3.63, 3.8) is 0 Å². The number of fused-ring (bicyclic) bond motifs is 2. The maximum absolute atomic E-state index is 13.0. The third-order valence-electron chi connectivity index (χ3n) is 5.78. The zero-order valence-electron chi connectivity index (χ0n) is 17.8. The Morgan fingerprint density at radius 1 is 1.22 bits per heavy atom. The second-order valence-electron chi connectivity index (χ2n) is 9.03. The number of rotatable bonds is 3. The van der Waals surface area contributed by atoms with E-state index in [-0.39, 0.29) is 4.21 Å². The van der Waals surface area contributed by atoms with Crippen LogP contribution in [0.2, 0.25) is 0 Å². The number of amides is 2. The minimum atomic E-state index is -3.62. The van der Waals surface area contributed by atoms with Crippen LogP contribution in [0.4, 0.5) is 10.5 Å². The van der Waals surface area contributed by atoms with E-state index >= 15 is 0 Å². The number of urea groups is 1. The van der Waals surface area contributed by atoms with Crippen LogP contribution in [0.15, 0.2) is 20.8 Å². The van der Waals surface area contributed by atoms with Crippen LogP contribution in [-0.4, -0.2) is 51.7 Å². The molecule has 0 saturated carbocycles. The second-order valence-corrected chi connectivity index (χ2v) is 12.1. The third kappa shape index (κ3) is 4.08. The first-order chi connectivity index (χ1) is 14.6. The predicted molar refractivity (Wildman–Crippen MR) is 129 cm³/mol. The minimum absolute atomic E-state index is 0.0623. The van der Waals surface area contributed by atoms with Gasteiger partial charge in [-0.2, -0.15) is 0 Å². The van der Waals surface area contributed by atoms with Crippen LogP contribution < -0.4 is 10.5 Å². The molecule has 2 aromatic rings. The molecule has 2 amide bonds. The van der Waals surface area contributed by atoms with Crippen molar-refractivity contribution in [2.45, 2.75) is 59.8 Å². The van der Waals surface area contributed by atoms with Crippen molar-refractivity contribution in [1.29, 1.82) is 0 Å². The molecule has 0 bridgehead atoms. The molecule has 4 N–H and O–H groups in total. The molecule has 2 aliphatic carbocycles. The zero-order chi connectivity index (χ0) is 23.7. The molecule has 1 aromatic carbocycles. The lowest BCUT2D eigenvalue weighted by atomic mass is 9.48. The van der Waals surface area contributed by atoms with Gasteiger partial charge in [0.05, 0.1) is 37.6 Å². The maximum atomic E-state index is 13.0. The van der Waals surface area contributed by atoms with Crippen LogP contribution in [0.1, 0.15) is 54.0 Å². The lowest BCUT2D eigenvalue weighted by Gasteiger charge is -2.30. The van der Waals surface area contributed by atoms with Gasteiger partial charge in [0.1, 0.15) is 14.8 Å². The molecule has 32 heavy (non-hydrogen) atoms. The van der Waals surface area contributed by atoms with Gasteiger partial charge in [0.2, 0.25) is 0 Å². The van der Waals surface area contributed by atoms with E-state index in [0.717, 1.165) is 22.5 Å². The standard InChI is InChI=1S/C19H20B4N4O3S2/c1-17(2,29)15-25-8-11(31-15)32(24,30)27-16(28)26-14-12-9(3-5-18(12,20)21)7-10-4-6-19(22,23)13(10)14/h7-8,29H,3-6H2,1-2H3,(H3,24,26,27,28,30). The first-order valence-corrected chi connectivity index (χ1v) is 12.4. The number of aromatic nitrogens is 1. The zero-order valence-corrected chi connectivity index (χ0v) is 19.5. The van der Waals surface area contributed by atoms with E-state index in [4.69, 9.17) is 36.5 Å². The van der Waals surface area contributed by atoms with Crippen molar-refractivity contribution >= 4 is 64.4 Å². The Hall–Kier alpha value is -1.55. The highest BCUT2D eigenvalue weighted by Gasteiger charge is 2.39. The Bertz CT molecular complexity index is 1200. The molecule has 8 radical (unpaired) electrons. The summed E-state index contributed by atoms with van der Waals surface area (Å²) in [5.74, 6) is 0. The number of nitrogens with one attached hydrogen (secondary N) is 1. The van der Waals surface area contributed by atoms with Crippen LogP contribution in [0.5, 0.6) is 0 Å². The van der Waals surface area contributed by atoms with Crippen LogP contribution in [0, 0.1) is 0 Å². The van der Waals surface area contributed by atoms with Gasteiger partial charge in [-0.25, -0.2) is 19.1 Å². The first kappa shape index (κ1) is 23.6. The first-order valence-electron chi connectivity index (χ1n) is 10.0. The molecule has 158 valence electrons. The lowest BCUT2D eigenvalue weighted by Crippen LogP contribution is -2.30. The molecule has 0 spiro atoms. The summed E-state index contributed by atoms with van der Waals surface area (Å²) in [6.07, 6.45) is 3.51. The monoisotopic (exact) mass is 460 g/mol. The van der Waals surface area contributed by atoms with Crippen molar-refractivity contribution in [1.82, 2.24) is 4.98 Å². The summed E-state index contributed by atoms with van der Waals surface area (Å²) >= 11 is 0.919. The number of hydrogen-bond donors (Lipinski definition) is 3. The number of nitrogens with zero attached hydrogens (tertiary/aromatic N) is 2. The predicted octanol–water partition coefficient (Wildman–Crippen LogP) is 1.18. The van der Waals surface area contributed by atoms with Crippen LogP contribution >= 0.6 is 11.3 Å². The van der Waals surface area contributed by atoms with Crippen LogP contribution in [0.3, 0.4) is 0 Å². The van der Waals surface area contributed by atoms with Crippen LogP contribution in [0.25, 0.3) is 0 Å². The summed E-state index contributed by atoms with van der Waals surface area (Å²) < 4.78 is 16.8. The molecule has 1 atom stereocenters. The van der Waals surface area contributed by atoms with E-state index < -0.39 is 32.0 Å². The number of anilines is 1. The average Bonchev–Trinajstić information content (AvgIpc) is 3.31. The number of benzene rings is 1. The minimum Gasteiger partial charge on any atom is -0.383 e. The van der Waals surface area contributed by atoms with E-state index in [2.05, 4.69) is 14.7 Å². The van der Waals surface area contributed by atoms with Gasteiger partial charge in [0.25, 0.3) is 0 Å². The van der Waals surface area contributed by atoms with Gasteiger partial charge < -0.3 is 10.4 Å². The Kier molecular flexibility index (Phi) is 5.52. The fourth-order valence-electron chi connectivity index (χ4n) is 4.29. The number of aliphatic hydroxyl groups is 1. The number of carbonyl (C=O) groups excluding carboxylic acids is 1. The molecule has 1 heterocycles. The molecule has 2 aliphatic rings. The van der Waals surface area contributed by atoms with Crippen molar-refractivity contribution in [2.75, 3.05) is 5.32 Å². The highest BCUT2D eigenvalue weighted by molar-refractivity contribution is 7.93. The number of carbonyl (C=O) groups is 1. The SMILES string of the molecule is [B]C1([B])CCc2cc3c(c(NC(=O)N=S(N)(=O)c4cnc(C(C)(C)O)s4)c21)C([B])([B])CC3. The second kappa shape index (κ2) is 7.48. The van der Waals surface area contributed by atoms with Gasteiger partial charge >= 0.3 is 6.03 Å². The Balaban J connectivity index is 1.76. The van der Waals surface area contributed by atoms with Crippen molar-refractivity contribution < 1.29 is 14.1 Å². The Morgan fingerprint density at radius 3 is 2.22 bits per heavy atom. The molecule has 4 rings (SSSR count). The third-order valence-corrected chi connectivity index (χ3v) is 8.97. The van der Waals surface area contributed by atoms with Crippen molar-refractivity contribution in [2.24, 2.45) is 9.50 Å². The molecule has 1 aromatic heterocycles. The maximum Gasteiger partial charge on any atom is 0.354 e. The van der Waals surface area contributed by atoms with E-state index in [1.54, 1.807) is 0 Å². The fraction of sp³-hybridized carbons (Fsp3) is 0.474. The van der Waals surface area contributed by atoms with Crippen LogP contribution in [-0.2, 0) is 38.8 Å².